The topological polar surface area (TPSA) is 191 Å². The number of nitrogens with one attached hydrogen (secondary N) is 3. The Morgan fingerprint density at radius 3 is 2.22 bits per heavy atom. The molecule has 0 aromatic heterocycles. The van der Waals surface area contributed by atoms with Gasteiger partial charge in [-0.15, -0.1) is 0 Å². The number of aliphatic hydroxyl groups excluding tert-OH is 1. The fraction of sp³-hybridized carbons (Fsp3) is 0.500. The second kappa shape index (κ2) is 13.6. The minimum Gasteiger partial charge on any atom is -0.508 e. The fourth-order valence-electron chi connectivity index (χ4n) is 2.60. The minimum absolute atomic E-state index is 0.0149. The van der Waals surface area contributed by atoms with E-state index < -0.39 is 54.5 Å². The minimum atomic E-state index is -1.25. The lowest BCUT2D eigenvalue weighted by Gasteiger charge is -2.21. The summed E-state index contributed by atoms with van der Waals surface area (Å²) in [6.45, 7) is 0.856. The zero-order chi connectivity index (χ0) is 24.3. The van der Waals surface area contributed by atoms with Crippen LogP contribution < -0.4 is 21.7 Å². The Balaban J connectivity index is 2.66. The number of aromatic hydroxyl groups is 1. The number of carbonyl (C=O) groups excluding carboxylic acids is 3. The van der Waals surface area contributed by atoms with Gasteiger partial charge in [-0.2, -0.15) is 11.8 Å². The van der Waals surface area contributed by atoms with E-state index in [1.54, 1.807) is 0 Å². The SMILES string of the molecule is CSCC[C@H](NC(=O)[C@@H](N)[C@@H](C)O)C(=O)NCC(=O)N[C@@H](Cc1ccc(O)cc1)C(=O)O. The van der Waals surface area contributed by atoms with Gasteiger partial charge in [-0.3, -0.25) is 14.4 Å². The molecule has 1 aromatic carbocycles. The van der Waals surface area contributed by atoms with Gasteiger partial charge < -0.3 is 37.0 Å². The molecule has 0 saturated carbocycles. The van der Waals surface area contributed by atoms with Crippen molar-refractivity contribution in [3.05, 3.63) is 29.8 Å². The summed E-state index contributed by atoms with van der Waals surface area (Å²) in [6.07, 6.45) is 0.975. The van der Waals surface area contributed by atoms with Crippen LogP contribution in [0.2, 0.25) is 0 Å². The molecule has 0 bridgehead atoms. The molecule has 0 radical (unpaired) electrons. The third-order valence-corrected chi connectivity index (χ3v) is 5.14. The van der Waals surface area contributed by atoms with Gasteiger partial charge in [-0.25, -0.2) is 4.79 Å². The quantitative estimate of drug-likeness (QED) is 0.181. The Labute approximate surface area is 190 Å². The highest BCUT2D eigenvalue weighted by Gasteiger charge is 2.26. The predicted molar refractivity (Wildman–Crippen MR) is 119 cm³/mol. The number of aliphatic hydroxyl groups is 1. The highest BCUT2D eigenvalue weighted by atomic mass is 32.2. The average molecular weight is 471 g/mol. The molecule has 0 fully saturated rings. The van der Waals surface area contributed by atoms with Crippen LogP contribution in [0.1, 0.15) is 18.9 Å². The first-order valence-electron chi connectivity index (χ1n) is 9.85. The molecule has 0 aliphatic heterocycles. The second-order valence-corrected chi connectivity index (χ2v) is 8.14. The van der Waals surface area contributed by atoms with Gasteiger partial charge in [-0.1, -0.05) is 12.1 Å². The summed E-state index contributed by atoms with van der Waals surface area (Å²) in [5, 5.41) is 35.3. The molecule has 12 heteroatoms. The lowest BCUT2D eigenvalue weighted by atomic mass is 10.1. The lowest BCUT2D eigenvalue weighted by molar-refractivity contribution is -0.141. The van der Waals surface area contributed by atoms with Crippen molar-refractivity contribution >= 4 is 35.5 Å². The fourth-order valence-corrected chi connectivity index (χ4v) is 3.07. The molecule has 0 unspecified atom stereocenters. The Bertz CT molecular complexity index is 789. The highest BCUT2D eigenvalue weighted by Crippen LogP contribution is 2.11. The maximum Gasteiger partial charge on any atom is 0.326 e. The number of nitrogens with two attached hydrogens (primary N) is 1. The molecule has 32 heavy (non-hydrogen) atoms. The zero-order valence-corrected chi connectivity index (χ0v) is 18.7. The summed E-state index contributed by atoms with van der Waals surface area (Å²) in [5.41, 5.74) is 6.17. The average Bonchev–Trinajstić information content (AvgIpc) is 2.74. The van der Waals surface area contributed by atoms with Crippen LogP contribution in [-0.4, -0.2) is 81.8 Å². The van der Waals surface area contributed by atoms with E-state index in [0.717, 1.165) is 0 Å². The Hall–Kier alpha value is -2.83. The second-order valence-electron chi connectivity index (χ2n) is 7.16. The molecule has 0 saturated heterocycles. The lowest BCUT2D eigenvalue weighted by Crippen LogP contribution is -2.55. The number of rotatable bonds is 13. The summed E-state index contributed by atoms with van der Waals surface area (Å²) < 4.78 is 0. The van der Waals surface area contributed by atoms with E-state index in [9.17, 15) is 34.5 Å². The third-order valence-electron chi connectivity index (χ3n) is 4.50. The maximum atomic E-state index is 12.5. The van der Waals surface area contributed by atoms with Crippen LogP contribution in [0.15, 0.2) is 24.3 Å². The molecule has 8 N–H and O–H groups in total. The van der Waals surface area contributed by atoms with Gasteiger partial charge >= 0.3 is 5.97 Å². The van der Waals surface area contributed by atoms with Crippen LogP contribution >= 0.6 is 11.8 Å². The van der Waals surface area contributed by atoms with Crippen LogP contribution in [-0.2, 0) is 25.6 Å². The van der Waals surface area contributed by atoms with Crippen LogP contribution in [0, 0.1) is 0 Å². The van der Waals surface area contributed by atoms with E-state index in [2.05, 4.69) is 16.0 Å². The first kappa shape index (κ1) is 27.2. The van der Waals surface area contributed by atoms with Gasteiger partial charge in [0.05, 0.1) is 12.6 Å². The van der Waals surface area contributed by atoms with Gasteiger partial charge in [0, 0.05) is 6.42 Å². The number of carboxylic acids is 1. The molecule has 1 rings (SSSR count). The Morgan fingerprint density at radius 1 is 1.06 bits per heavy atom. The van der Waals surface area contributed by atoms with Crippen LogP contribution in [0.5, 0.6) is 5.75 Å². The van der Waals surface area contributed by atoms with E-state index >= 15 is 0 Å². The van der Waals surface area contributed by atoms with Crippen molar-refractivity contribution < 1.29 is 34.5 Å². The van der Waals surface area contributed by atoms with Crippen molar-refractivity contribution in [1.29, 1.82) is 0 Å². The number of aliphatic carboxylic acids is 1. The number of carbonyl (C=O) groups is 4. The molecule has 178 valence electrons. The number of hydrogen-bond donors (Lipinski definition) is 7. The van der Waals surface area contributed by atoms with Gasteiger partial charge in [-0.05, 0) is 43.0 Å². The normalized spacial score (nSPS) is 14.5. The van der Waals surface area contributed by atoms with Crippen molar-refractivity contribution in [3.63, 3.8) is 0 Å². The van der Waals surface area contributed by atoms with E-state index in [-0.39, 0.29) is 18.6 Å². The molecule has 0 aliphatic carbocycles. The van der Waals surface area contributed by atoms with Crippen molar-refractivity contribution in [2.45, 2.75) is 44.0 Å². The Kier molecular flexibility index (Phi) is 11.5. The summed E-state index contributed by atoms with van der Waals surface area (Å²) in [6, 6.07) is 2.47. The van der Waals surface area contributed by atoms with E-state index in [4.69, 9.17) is 5.73 Å². The molecular weight excluding hydrogens is 440 g/mol. The van der Waals surface area contributed by atoms with Crippen LogP contribution in [0.3, 0.4) is 0 Å². The molecular formula is C20H30N4O7S. The van der Waals surface area contributed by atoms with Crippen LogP contribution in [0.4, 0.5) is 0 Å². The number of hydrogen-bond acceptors (Lipinski definition) is 8. The van der Waals surface area contributed by atoms with Crippen molar-refractivity contribution in [2.75, 3.05) is 18.6 Å². The number of amides is 3. The molecule has 1 aromatic rings. The van der Waals surface area contributed by atoms with E-state index in [0.29, 0.717) is 11.3 Å². The maximum absolute atomic E-state index is 12.5. The van der Waals surface area contributed by atoms with Gasteiger partial charge in [0.1, 0.15) is 23.9 Å². The number of phenolic OH excluding ortho intramolecular Hbond substituents is 1. The van der Waals surface area contributed by atoms with Crippen molar-refractivity contribution in [1.82, 2.24) is 16.0 Å². The third kappa shape index (κ3) is 9.54. The van der Waals surface area contributed by atoms with E-state index in [1.165, 1.54) is 43.0 Å². The highest BCUT2D eigenvalue weighted by molar-refractivity contribution is 7.98. The smallest absolute Gasteiger partial charge is 0.326 e. The summed E-state index contributed by atoms with van der Waals surface area (Å²) in [4.78, 5) is 48.2. The van der Waals surface area contributed by atoms with Gasteiger partial charge in [0.2, 0.25) is 17.7 Å². The van der Waals surface area contributed by atoms with E-state index in [1.807, 2.05) is 6.26 Å². The first-order valence-corrected chi connectivity index (χ1v) is 11.2. The number of phenols is 1. The summed E-state index contributed by atoms with van der Waals surface area (Å²) in [5.74, 6) is -2.74. The van der Waals surface area contributed by atoms with Crippen molar-refractivity contribution in [3.8, 4) is 5.75 Å². The van der Waals surface area contributed by atoms with Gasteiger partial charge in [0.15, 0.2) is 0 Å². The summed E-state index contributed by atoms with van der Waals surface area (Å²) >= 11 is 1.45. The number of benzene rings is 1. The molecule has 11 nitrogen and oxygen atoms in total. The molecule has 0 aliphatic rings. The summed E-state index contributed by atoms with van der Waals surface area (Å²) in [7, 11) is 0. The molecule has 0 heterocycles. The molecule has 4 atom stereocenters. The largest absolute Gasteiger partial charge is 0.508 e. The molecule has 0 spiro atoms. The number of thioether (sulfide) groups is 1. The zero-order valence-electron chi connectivity index (χ0n) is 17.9. The Morgan fingerprint density at radius 2 is 1.69 bits per heavy atom. The standard InChI is InChI=1S/C20H30N4O7S/c1-11(25)17(21)19(29)24-14(7-8-32-2)18(28)22-10-16(27)23-15(20(30)31)9-12-3-5-13(26)6-4-12/h3-6,11,14-15,17,25-26H,7-10,21H2,1-2H3,(H,22,28)(H,23,27)(H,24,29)(H,30,31)/t11-,14+,15+,17+/m1/s1. The van der Waals surface area contributed by atoms with Gasteiger partial charge in [0.25, 0.3) is 0 Å². The van der Waals surface area contributed by atoms with Crippen LogP contribution in [0.25, 0.3) is 0 Å². The molecule has 3 amide bonds. The predicted octanol–water partition coefficient (Wildman–Crippen LogP) is -1.43. The number of carboxylic acid groups (broad SMARTS) is 1. The first-order chi connectivity index (χ1) is 15.0. The van der Waals surface area contributed by atoms with Crippen molar-refractivity contribution in [2.24, 2.45) is 5.73 Å². The monoisotopic (exact) mass is 470 g/mol.